The molecule has 1 aliphatic heterocycles. The SMILES string of the molecule is O=C1C[C@H](O)C[C@@H](CCCc2ccccc2)O1. The van der Waals surface area contributed by atoms with E-state index in [2.05, 4.69) is 12.1 Å². The van der Waals surface area contributed by atoms with Gasteiger partial charge < -0.3 is 9.84 Å². The van der Waals surface area contributed by atoms with Gasteiger partial charge in [0.1, 0.15) is 6.10 Å². The van der Waals surface area contributed by atoms with Gasteiger partial charge in [0.15, 0.2) is 0 Å². The molecule has 1 N–H and O–H groups in total. The van der Waals surface area contributed by atoms with Crippen LogP contribution in [0.3, 0.4) is 0 Å². The van der Waals surface area contributed by atoms with E-state index in [-0.39, 0.29) is 18.5 Å². The van der Waals surface area contributed by atoms with Gasteiger partial charge in [-0.3, -0.25) is 4.79 Å². The van der Waals surface area contributed by atoms with Gasteiger partial charge in [-0.2, -0.15) is 0 Å². The summed E-state index contributed by atoms with van der Waals surface area (Å²) in [6.45, 7) is 0. The van der Waals surface area contributed by atoms with Crippen LogP contribution in [0.2, 0.25) is 0 Å². The molecule has 92 valence electrons. The molecule has 1 aromatic rings. The molecule has 3 nitrogen and oxygen atoms in total. The summed E-state index contributed by atoms with van der Waals surface area (Å²) in [6.07, 6.45) is 2.92. The average molecular weight is 234 g/mol. The first-order chi connectivity index (χ1) is 8.24. The van der Waals surface area contributed by atoms with Gasteiger partial charge in [0.05, 0.1) is 12.5 Å². The largest absolute Gasteiger partial charge is 0.462 e. The highest BCUT2D eigenvalue weighted by atomic mass is 16.5. The number of esters is 1. The van der Waals surface area contributed by atoms with Crippen LogP contribution in [0.25, 0.3) is 0 Å². The number of aliphatic hydroxyl groups excluding tert-OH is 1. The summed E-state index contributed by atoms with van der Waals surface area (Å²) in [5.74, 6) is -0.270. The minimum absolute atomic E-state index is 0.102. The molecule has 0 bridgehead atoms. The van der Waals surface area contributed by atoms with Crippen molar-refractivity contribution in [2.24, 2.45) is 0 Å². The fourth-order valence-electron chi connectivity index (χ4n) is 2.22. The van der Waals surface area contributed by atoms with Crippen LogP contribution in [0.4, 0.5) is 0 Å². The predicted octanol–water partition coefficient (Wildman–Crippen LogP) is 2.08. The summed E-state index contributed by atoms with van der Waals surface area (Å²) in [6, 6.07) is 10.3. The minimum atomic E-state index is -0.516. The van der Waals surface area contributed by atoms with E-state index in [4.69, 9.17) is 4.74 Å². The van der Waals surface area contributed by atoms with Crippen molar-refractivity contribution in [1.29, 1.82) is 0 Å². The van der Waals surface area contributed by atoms with Gasteiger partial charge in [0, 0.05) is 6.42 Å². The summed E-state index contributed by atoms with van der Waals surface area (Å²) < 4.78 is 5.20. The fraction of sp³-hybridized carbons (Fsp3) is 0.500. The standard InChI is InChI=1S/C14H18O3/c15-12-9-13(17-14(16)10-12)8-4-7-11-5-2-1-3-6-11/h1-3,5-6,12-13,15H,4,7-10H2/t12-,13-/m1/s1. The molecule has 1 aliphatic rings. The molecule has 17 heavy (non-hydrogen) atoms. The Morgan fingerprint density at radius 1 is 1.29 bits per heavy atom. The van der Waals surface area contributed by atoms with Crippen LogP contribution >= 0.6 is 0 Å². The number of hydrogen-bond acceptors (Lipinski definition) is 3. The highest BCUT2D eigenvalue weighted by Crippen LogP contribution is 2.19. The summed E-state index contributed by atoms with van der Waals surface area (Å²) >= 11 is 0. The van der Waals surface area contributed by atoms with Crippen LogP contribution in [0.5, 0.6) is 0 Å². The first-order valence-electron chi connectivity index (χ1n) is 6.15. The van der Waals surface area contributed by atoms with E-state index in [0.717, 1.165) is 19.3 Å². The Morgan fingerprint density at radius 2 is 2.06 bits per heavy atom. The van der Waals surface area contributed by atoms with E-state index in [1.165, 1.54) is 5.56 Å². The smallest absolute Gasteiger partial charge is 0.308 e. The molecule has 1 saturated heterocycles. The zero-order valence-electron chi connectivity index (χ0n) is 9.84. The molecule has 0 unspecified atom stereocenters. The maximum absolute atomic E-state index is 11.1. The second kappa shape index (κ2) is 5.82. The van der Waals surface area contributed by atoms with E-state index in [0.29, 0.717) is 6.42 Å². The molecule has 0 radical (unpaired) electrons. The molecule has 0 aliphatic carbocycles. The summed E-state index contributed by atoms with van der Waals surface area (Å²) in [4.78, 5) is 11.1. The van der Waals surface area contributed by atoms with E-state index in [1.807, 2.05) is 18.2 Å². The molecule has 2 atom stereocenters. The Hall–Kier alpha value is -1.35. The third-order valence-electron chi connectivity index (χ3n) is 3.07. The number of hydrogen-bond donors (Lipinski definition) is 1. The Morgan fingerprint density at radius 3 is 2.76 bits per heavy atom. The Bertz CT molecular complexity index is 361. The second-order valence-corrected chi connectivity index (χ2v) is 4.58. The summed E-state index contributed by atoms with van der Waals surface area (Å²) in [5, 5.41) is 9.47. The van der Waals surface area contributed by atoms with Crippen LogP contribution in [-0.2, 0) is 16.0 Å². The van der Waals surface area contributed by atoms with Gasteiger partial charge >= 0.3 is 5.97 Å². The van der Waals surface area contributed by atoms with Crippen molar-refractivity contribution in [1.82, 2.24) is 0 Å². The molecule has 0 spiro atoms. The first kappa shape index (κ1) is 12.1. The van der Waals surface area contributed by atoms with Crippen molar-refractivity contribution >= 4 is 5.97 Å². The van der Waals surface area contributed by atoms with Crippen LogP contribution in [0.1, 0.15) is 31.2 Å². The lowest BCUT2D eigenvalue weighted by Crippen LogP contribution is -2.32. The van der Waals surface area contributed by atoms with Crippen LogP contribution < -0.4 is 0 Å². The van der Waals surface area contributed by atoms with E-state index < -0.39 is 6.10 Å². The number of cyclic esters (lactones) is 1. The molecule has 0 amide bonds. The Kier molecular flexibility index (Phi) is 4.15. The summed E-state index contributed by atoms with van der Waals surface area (Å²) in [7, 11) is 0. The van der Waals surface area contributed by atoms with Gasteiger partial charge in [-0.05, 0) is 24.8 Å². The van der Waals surface area contributed by atoms with Crippen molar-refractivity contribution < 1.29 is 14.6 Å². The molecule has 1 heterocycles. The molecule has 0 saturated carbocycles. The third-order valence-corrected chi connectivity index (χ3v) is 3.07. The number of ether oxygens (including phenoxy) is 1. The predicted molar refractivity (Wildman–Crippen MR) is 64.5 cm³/mol. The molecular weight excluding hydrogens is 216 g/mol. The fourth-order valence-corrected chi connectivity index (χ4v) is 2.22. The number of carbonyl (C=O) groups is 1. The number of carbonyl (C=O) groups excluding carboxylic acids is 1. The zero-order valence-corrected chi connectivity index (χ0v) is 9.84. The monoisotopic (exact) mass is 234 g/mol. The van der Waals surface area contributed by atoms with Crippen LogP contribution in [-0.4, -0.2) is 23.3 Å². The van der Waals surface area contributed by atoms with Crippen molar-refractivity contribution in [3.8, 4) is 0 Å². The number of aryl methyl sites for hydroxylation is 1. The normalized spacial score (nSPS) is 24.4. The lowest BCUT2D eigenvalue weighted by Gasteiger charge is -2.25. The number of benzene rings is 1. The Balaban J connectivity index is 1.73. The maximum Gasteiger partial charge on any atom is 0.308 e. The zero-order chi connectivity index (χ0) is 12.1. The molecule has 2 rings (SSSR count). The van der Waals surface area contributed by atoms with Crippen LogP contribution in [0.15, 0.2) is 30.3 Å². The number of rotatable bonds is 4. The highest BCUT2D eigenvalue weighted by Gasteiger charge is 2.26. The molecule has 1 aromatic carbocycles. The molecule has 0 aromatic heterocycles. The second-order valence-electron chi connectivity index (χ2n) is 4.58. The lowest BCUT2D eigenvalue weighted by molar-refractivity contribution is -0.160. The van der Waals surface area contributed by atoms with E-state index >= 15 is 0 Å². The molecule has 1 fully saturated rings. The maximum atomic E-state index is 11.1. The van der Waals surface area contributed by atoms with Gasteiger partial charge in [0.25, 0.3) is 0 Å². The van der Waals surface area contributed by atoms with Gasteiger partial charge in [0.2, 0.25) is 0 Å². The first-order valence-corrected chi connectivity index (χ1v) is 6.15. The quantitative estimate of drug-likeness (QED) is 0.811. The topological polar surface area (TPSA) is 46.5 Å². The van der Waals surface area contributed by atoms with Gasteiger partial charge in [-0.25, -0.2) is 0 Å². The van der Waals surface area contributed by atoms with Crippen molar-refractivity contribution in [3.05, 3.63) is 35.9 Å². The van der Waals surface area contributed by atoms with Crippen molar-refractivity contribution in [3.63, 3.8) is 0 Å². The van der Waals surface area contributed by atoms with Crippen LogP contribution in [0, 0.1) is 0 Å². The molecular formula is C14H18O3. The van der Waals surface area contributed by atoms with Crippen molar-refractivity contribution in [2.45, 2.75) is 44.3 Å². The van der Waals surface area contributed by atoms with E-state index in [1.54, 1.807) is 0 Å². The summed E-state index contributed by atoms with van der Waals surface area (Å²) in [5.41, 5.74) is 1.30. The lowest BCUT2D eigenvalue weighted by atomic mass is 9.99. The molecule has 3 heteroatoms. The van der Waals surface area contributed by atoms with Crippen molar-refractivity contribution in [2.75, 3.05) is 0 Å². The van der Waals surface area contributed by atoms with Gasteiger partial charge in [-0.1, -0.05) is 30.3 Å². The van der Waals surface area contributed by atoms with Gasteiger partial charge in [-0.15, -0.1) is 0 Å². The van der Waals surface area contributed by atoms with E-state index in [9.17, 15) is 9.90 Å². The average Bonchev–Trinajstić information content (AvgIpc) is 2.29. The minimum Gasteiger partial charge on any atom is -0.462 e. The number of aliphatic hydroxyl groups is 1. The Labute approximate surface area is 101 Å². The third kappa shape index (κ3) is 3.86. The highest BCUT2D eigenvalue weighted by molar-refractivity contribution is 5.70.